The van der Waals surface area contributed by atoms with Crippen LogP contribution in [0.4, 0.5) is 5.69 Å². The Kier molecular flexibility index (Phi) is 5.99. The first kappa shape index (κ1) is 19.7. The first-order valence-corrected chi connectivity index (χ1v) is 10.0. The highest BCUT2D eigenvalue weighted by Gasteiger charge is 2.25. The van der Waals surface area contributed by atoms with Crippen LogP contribution in [0, 0.1) is 10.1 Å². The van der Waals surface area contributed by atoms with Crippen molar-refractivity contribution in [3.8, 4) is 11.3 Å². The highest BCUT2D eigenvalue weighted by atomic mass is 35.5. The molecule has 1 saturated heterocycles. The largest absolute Gasteiger partial charge is 0.468 e. The maximum Gasteiger partial charge on any atom is 0.281 e. The van der Waals surface area contributed by atoms with E-state index in [1.165, 1.54) is 18.9 Å². The standard InChI is InChI=1S/C21H22ClN3O4/c22-15-5-7-17(18(12-15)25(26)27)20-8-6-16(29-20)13-23-14-19(21-4-3-11-28-21)24-9-1-2-10-24/h3-8,11-12,19,23H,1-2,9-10,13-14H2. The molecule has 3 heterocycles. The Balaban J connectivity index is 1.43. The third-order valence-electron chi connectivity index (χ3n) is 5.17. The summed E-state index contributed by atoms with van der Waals surface area (Å²) in [5, 5.41) is 15.1. The van der Waals surface area contributed by atoms with Crippen LogP contribution in [0.1, 0.15) is 30.4 Å². The van der Waals surface area contributed by atoms with E-state index in [4.69, 9.17) is 20.4 Å². The van der Waals surface area contributed by atoms with Crippen molar-refractivity contribution in [2.24, 2.45) is 0 Å². The van der Waals surface area contributed by atoms with E-state index in [0.29, 0.717) is 28.7 Å². The highest BCUT2D eigenvalue weighted by molar-refractivity contribution is 6.30. The van der Waals surface area contributed by atoms with Gasteiger partial charge in [-0.2, -0.15) is 0 Å². The van der Waals surface area contributed by atoms with E-state index in [1.54, 1.807) is 24.5 Å². The van der Waals surface area contributed by atoms with Gasteiger partial charge >= 0.3 is 0 Å². The van der Waals surface area contributed by atoms with Crippen molar-refractivity contribution in [2.45, 2.75) is 25.4 Å². The zero-order chi connectivity index (χ0) is 20.2. The van der Waals surface area contributed by atoms with Crippen LogP contribution in [-0.4, -0.2) is 29.5 Å². The Bertz CT molecular complexity index is 964. The second-order valence-electron chi connectivity index (χ2n) is 7.09. The number of hydrogen-bond donors (Lipinski definition) is 1. The Morgan fingerprint density at radius 1 is 1.21 bits per heavy atom. The summed E-state index contributed by atoms with van der Waals surface area (Å²) in [4.78, 5) is 13.3. The zero-order valence-corrected chi connectivity index (χ0v) is 16.6. The summed E-state index contributed by atoms with van der Waals surface area (Å²) in [6, 6.07) is 12.2. The van der Waals surface area contributed by atoms with Gasteiger partial charge in [-0.3, -0.25) is 15.0 Å². The molecule has 0 bridgehead atoms. The van der Waals surface area contributed by atoms with Crippen LogP contribution in [0.2, 0.25) is 5.02 Å². The number of furan rings is 2. The van der Waals surface area contributed by atoms with E-state index in [1.807, 2.05) is 18.2 Å². The predicted molar refractivity (Wildman–Crippen MR) is 110 cm³/mol. The van der Waals surface area contributed by atoms with Gasteiger partial charge in [0.25, 0.3) is 5.69 Å². The molecule has 4 rings (SSSR count). The molecule has 152 valence electrons. The second kappa shape index (κ2) is 8.82. The van der Waals surface area contributed by atoms with Crippen molar-refractivity contribution in [1.29, 1.82) is 0 Å². The van der Waals surface area contributed by atoms with E-state index in [2.05, 4.69) is 10.2 Å². The molecule has 2 aromatic heterocycles. The quantitative estimate of drug-likeness (QED) is 0.410. The van der Waals surface area contributed by atoms with E-state index < -0.39 is 4.92 Å². The van der Waals surface area contributed by atoms with E-state index >= 15 is 0 Å². The van der Waals surface area contributed by atoms with Crippen molar-refractivity contribution >= 4 is 17.3 Å². The summed E-state index contributed by atoms with van der Waals surface area (Å²) in [5.74, 6) is 2.12. The van der Waals surface area contributed by atoms with Crippen LogP contribution in [0.25, 0.3) is 11.3 Å². The molecule has 29 heavy (non-hydrogen) atoms. The van der Waals surface area contributed by atoms with E-state index in [-0.39, 0.29) is 11.7 Å². The minimum atomic E-state index is -0.453. The third-order valence-corrected chi connectivity index (χ3v) is 5.41. The van der Waals surface area contributed by atoms with Gasteiger partial charge in [0, 0.05) is 17.6 Å². The molecule has 1 aliphatic heterocycles. The number of nitro benzene ring substituents is 1. The second-order valence-corrected chi connectivity index (χ2v) is 7.53. The molecule has 1 atom stereocenters. The molecule has 1 N–H and O–H groups in total. The summed E-state index contributed by atoms with van der Waals surface area (Å²) in [6.45, 7) is 3.38. The lowest BCUT2D eigenvalue weighted by Gasteiger charge is -2.25. The van der Waals surface area contributed by atoms with Crippen molar-refractivity contribution < 1.29 is 13.8 Å². The molecule has 1 fully saturated rings. The molecule has 1 unspecified atom stereocenters. The molecule has 3 aromatic rings. The van der Waals surface area contributed by atoms with Gasteiger partial charge in [0.1, 0.15) is 17.3 Å². The Morgan fingerprint density at radius 2 is 2.03 bits per heavy atom. The normalized spacial score (nSPS) is 15.6. The number of nitrogens with one attached hydrogen (secondary N) is 1. The minimum Gasteiger partial charge on any atom is -0.468 e. The molecule has 0 saturated carbocycles. The fourth-order valence-corrected chi connectivity index (χ4v) is 3.92. The average Bonchev–Trinajstić information content (AvgIpc) is 3.48. The van der Waals surface area contributed by atoms with Crippen molar-refractivity contribution in [1.82, 2.24) is 10.2 Å². The fourth-order valence-electron chi connectivity index (χ4n) is 3.76. The maximum absolute atomic E-state index is 11.3. The number of hydrogen-bond acceptors (Lipinski definition) is 6. The van der Waals surface area contributed by atoms with E-state index in [9.17, 15) is 10.1 Å². The number of benzene rings is 1. The number of halogens is 1. The van der Waals surface area contributed by atoms with Gasteiger partial charge in [0.2, 0.25) is 0 Å². The van der Waals surface area contributed by atoms with E-state index in [0.717, 1.165) is 25.4 Å². The molecule has 1 aromatic carbocycles. The lowest BCUT2D eigenvalue weighted by atomic mass is 10.1. The Hall–Kier alpha value is -2.61. The van der Waals surface area contributed by atoms with Gasteiger partial charge in [-0.05, 0) is 62.3 Å². The third kappa shape index (κ3) is 4.53. The lowest BCUT2D eigenvalue weighted by molar-refractivity contribution is -0.384. The average molecular weight is 416 g/mol. The summed E-state index contributed by atoms with van der Waals surface area (Å²) in [6.07, 6.45) is 4.12. The Morgan fingerprint density at radius 3 is 2.76 bits per heavy atom. The number of nitrogens with zero attached hydrogens (tertiary/aromatic N) is 2. The first-order chi connectivity index (χ1) is 14.1. The van der Waals surface area contributed by atoms with Crippen LogP contribution < -0.4 is 5.32 Å². The summed E-state index contributed by atoms with van der Waals surface area (Å²) in [5.41, 5.74) is 0.342. The van der Waals surface area contributed by atoms with Crippen LogP contribution in [0.15, 0.2) is 57.6 Å². The summed E-state index contributed by atoms with van der Waals surface area (Å²) >= 11 is 5.89. The van der Waals surface area contributed by atoms with Crippen LogP contribution in [0.3, 0.4) is 0 Å². The van der Waals surface area contributed by atoms with Crippen LogP contribution >= 0.6 is 11.6 Å². The molecule has 0 aliphatic carbocycles. The topological polar surface area (TPSA) is 84.7 Å². The fraction of sp³-hybridized carbons (Fsp3) is 0.333. The minimum absolute atomic E-state index is 0.0710. The zero-order valence-electron chi connectivity index (χ0n) is 15.8. The Labute approximate surface area is 173 Å². The molecule has 0 amide bonds. The number of likely N-dealkylation sites (tertiary alicyclic amines) is 1. The van der Waals surface area contributed by atoms with Gasteiger partial charge in [-0.15, -0.1) is 0 Å². The molecule has 0 spiro atoms. The van der Waals surface area contributed by atoms with Crippen molar-refractivity contribution in [3.05, 3.63) is 75.4 Å². The van der Waals surface area contributed by atoms with Gasteiger partial charge in [0.15, 0.2) is 0 Å². The number of nitro groups is 1. The molecule has 0 radical (unpaired) electrons. The molecule has 1 aliphatic rings. The predicted octanol–water partition coefficient (Wildman–Crippen LogP) is 5.03. The first-order valence-electron chi connectivity index (χ1n) is 9.63. The molecular formula is C21H22ClN3O4. The SMILES string of the molecule is O=[N+]([O-])c1cc(Cl)ccc1-c1ccc(CNCC(c2ccco2)N2CCCC2)o1. The van der Waals surface area contributed by atoms with Gasteiger partial charge in [0.05, 0.1) is 29.3 Å². The lowest BCUT2D eigenvalue weighted by Crippen LogP contribution is -2.33. The van der Waals surface area contributed by atoms with Crippen LogP contribution in [0.5, 0.6) is 0 Å². The molecule has 7 nitrogen and oxygen atoms in total. The maximum atomic E-state index is 11.3. The van der Waals surface area contributed by atoms with Crippen molar-refractivity contribution in [3.63, 3.8) is 0 Å². The van der Waals surface area contributed by atoms with Gasteiger partial charge in [-0.25, -0.2) is 0 Å². The van der Waals surface area contributed by atoms with Crippen LogP contribution in [-0.2, 0) is 6.54 Å². The van der Waals surface area contributed by atoms with Crippen molar-refractivity contribution in [2.75, 3.05) is 19.6 Å². The molecular weight excluding hydrogens is 394 g/mol. The van der Waals surface area contributed by atoms with Gasteiger partial charge < -0.3 is 14.2 Å². The summed E-state index contributed by atoms with van der Waals surface area (Å²) in [7, 11) is 0. The number of rotatable bonds is 8. The smallest absolute Gasteiger partial charge is 0.281 e. The monoisotopic (exact) mass is 415 g/mol. The summed E-state index contributed by atoms with van der Waals surface area (Å²) < 4.78 is 11.5. The van der Waals surface area contributed by atoms with Gasteiger partial charge in [-0.1, -0.05) is 11.6 Å². The highest BCUT2D eigenvalue weighted by Crippen LogP contribution is 2.33. The molecule has 8 heteroatoms.